The van der Waals surface area contributed by atoms with E-state index < -0.39 is 5.97 Å². The number of nitrogens with zero attached hydrogens (tertiary/aromatic N) is 1. The van der Waals surface area contributed by atoms with Gasteiger partial charge in [-0.25, -0.2) is 4.79 Å². The van der Waals surface area contributed by atoms with Gasteiger partial charge in [-0.05, 0) is 55.1 Å². The molecule has 0 radical (unpaired) electrons. The lowest BCUT2D eigenvalue weighted by atomic mass is 10.00. The molecule has 1 atom stereocenters. The van der Waals surface area contributed by atoms with Crippen molar-refractivity contribution < 1.29 is 14.3 Å². The second-order valence-corrected chi connectivity index (χ2v) is 8.62. The van der Waals surface area contributed by atoms with Gasteiger partial charge in [-0.1, -0.05) is 30.3 Å². The first-order valence-electron chi connectivity index (χ1n) is 11.0. The summed E-state index contributed by atoms with van der Waals surface area (Å²) in [6, 6.07) is 19.8. The predicted molar refractivity (Wildman–Crippen MR) is 135 cm³/mol. The van der Waals surface area contributed by atoms with Crippen molar-refractivity contribution in [3.63, 3.8) is 0 Å². The van der Waals surface area contributed by atoms with Gasteiger partial charge in [0, 0.05) is 41.6 Å². The van der Waals surface area contributed by atoms with E-state index in [9.17, 15) is 14.7 Å². The molecule has 0 saturated heterocycles. The monoisotopic (exact) mass is 452 g/mol. The highest BCUT2D eigenvalue weighted by Gasteiger charge is 2.18. The molecule has 0 aliphatic carbocycles. The molecule has 0 aliphatic heterocycles. The third-order valence-electron chi connectivity index (χ3n) is 6.17. The minimum absolute atomic E-state index is 0.119. The summed E-state index contributed by atoms with van der Waals surface area (Å²) in [5.41, 5.74) is 4.64. The zero-order valence-electron chi connectivity index (χ0n) is 19.1. The Labute approximate surface area is 196 Å². The number of aromatic nitrogens is 1. The van der Waals surface area contributed by atoms with E-state index in [2.05, 4.69) is 5.32 Å². The van der Waals surface area contributed by atoms with Crippen LogP contribution in [0.4, 0.5) is 5.69 Å². The number of hydrogen-bond acceptors (Lipinski definition) is 4. The number of aryl methyl sites for hydroxylation is 2. The van der Waals surface area contributed by atoms with E-state index in [4.69, 9.17) is 4.42 Å². The fraction of sp³-hybridized carbons (Fsp3) is 0.143. The van der Waals surface area contributed by atoms with Crippen molar-refractivity contribution in [2.24, 2.45) is 7.05 Å². The van der Waals surface area contributed by atoms with Crippen LogP contribution in [0.25, 0.3) is 33.2 Å². The molecule has 5 rings (SSSR count). The molecule has 5 aromatic rings. The Hall–Kier alpha value is -4.32. The number of para-hydroxylation sites is 1. The Morgan fingerprint density at radius 2 is 1.85 bits per heavy atom. The Balaban J connectivity index is 1.65. The second-order valence-electron chi connectivity index (χ2n) is 8.62. The van der Waals surface area contributed by atoms with Gasteiger partial charge >= 0.3 is 5.97 Å². The van der Waals surface area contributed by atoms with Gasteiger partial charge in [0.15, 0.2) is 5.43 Å². The van der Waals surface area contributed by atoms with Crippen LogP contribution in [0, 0.1) is 6.92 Å². The Bertz CT molecular complexity index is 1630. The summed E-state index contributed by atoms with van der Waals surface area (Å²) < 4.78 is 8.38. The fourth-order valence-corrected chi connectivity index (χ4v) is 4.42. The lowest BCUT2D eigenvalue weighted by Crippen LogP contribution is -2.12. The van der Waals surface area contributed by atoms with Crippen LogP contribution in [-0.4, -0.2) is 15.6 Å². The molecule has 0 aliphatic rings. The van der Waals surface area contributed by atoms with Gasteiger partial charge in [-0.2, -0.15) is 0 Å². The summed E-state index contributed by atoms with van der Waals surface area (Å²) in [4.78, 5) is 24.8. The highest BCUT2D eigenvalue weighted by Crippen LogP contribution is 2.32. The lowest BCUT2D eigenvalue weighted by Gasteiger charge is -2.19. The molecule has 0 spiro atoms. The number of nitrogens with one attached hydrogen (secondary N) is 1. The van der Waals surface area contributed by atoms with Gasteiger partial charge in [0.2, 0.25) is 0 Å². The maximum absolute atomic E-state index is 13.1. The number of carboxylic acid groups (broad SMARTS) is 1. The summed E-state index contributed by atoms with van der Waals surface area (Å²) in [5, 5.41) is 14.4. The predicted octanol–water partition coefficient (Wildman–Crippen LogP) is 6.13. The number of benzene rings is 3. The number of aromatic carboxylic acids is 1. The molecule has 2 N–H and O–H groups in total. The average molecular weight is 453 g/mol. The number of anilines is 1. The molecule has 6 nitrogen and oxygen atoms in total. The first-order valence-corrected chi connectivity index (χ1v) is 11.0. The highest BCUT2D eigenvalue weighted by atomic mass is 16.4. The van der Waals surface area contributed by atoms with E-state index in [-0.39, 0.29) is 17.0 Å². The van der Waals surface area contributed by atoms with Crippen LogP contribution in [0.5, 0.6) is 0 Å². The van der Waals surface area contributed by atoms with Crippen LogP contribution in [0.1, 0.15) is 34.5 Å². The molecular formula is C28H24N2O4. The van der Waals surface area contributed by atoms with E-state index in [1.54, 1.807) is 24.3 Å². The third kappa shape index (κ3) is 3.73. The maximum atomic E-state index is 13.1. The van der Waals surface area contributed by atoms with Gasteiger partial charge in [0.05, 0.1) is 17.0 Å². The summed E-state index contributed by atoms with van der Waals surface area (Å²) in [6.07, 6.45) is 1.99. The topological polar surface area (TPSA) is 84.5 Å². The standard InChI is InChI=1S/C28H24N2O4/c1-16-12-21(17(2)29-23-7-5-4-6-20(23)28(32)33)27-22(13-16)25(31)15-26(34-27)19-9-8-18-10-11-30(3)24(18)14-19/h4-15,17,29H,1-3H3,(H,32,33)/t17-/m1/s1. The molecule has 170 valence electrons. The van der Waals surface area contributed by atoms with E-state index >= 15 is 0 Å². The Kier molecular flexibility index (Phi) is 5.21. The van der Waals surface area contributed by atoms with E-state index in [1.807, 2.05) is 68.1 Å². The molecule has 0 saturated carbocycles. The van der Waals surface area contributed by atoms with Crippen molar-refractivity contribution in [2.75, 3.05) is 5.32 Å². The van der Waals surface area contributed by atoms with Crippen molar-refractivity contribution in [1.29, 1.82) is 0 Å². The molecule has 34 heavy (non-hydrogen) atoms. The van der Waals surface area contributed by atoms with Crippen LogP contribution in [0.3, 0.4) is 0 Å². The Morgan fingerprint density at radius 1 is 1.06 bits per heavy atom. The first kappa shape index (κ1) is 21.5. The number of fused-ring (bicyclic) bond motifs is 2. The fourth-order valence-electron chi connectivity index (χ4n) is 4.42. The van der Waals surface area contributed by atoms with Gasteiger partial charge < -0.3 is 19.4 Å². The van der Waals surface area contributed by atoms with Gasteiger partial charge in [-0.15, -0.1) is 0 Å². The molecule has 0 bridgehead atoms. The minimum Gasteiger partial charge on any atom is -0.478 e. The van der Waals surface area contributed by atoms with Crippen molar-refractivity contribution in [3.05, 3.63) is 99.8 Å². The summed E-state index contributed by atoms with van der Waals surface area (Å²) in [5.74, 6) is -0.516. The largest absolute Gasteiger partial charge is 0.478 e. The lowest BCUT2D eigenvalue weighted by molar-refractivity contribution is 0.0698. The normalized spacial score (nSPS) is 12.2. The second kappa shape index (κ2) is 8.23. The van der Waals surface area contributed by atoms with Crippen LogP contribution < -0.4 is 10.7 Å². The summed E-state index contributed by atoms with van der Waals surface area (Å²) in [7, 11) is 1.98. The quantitative estimate of drug-likeness (QED) is 0.335. The third-order valence-corrected chi connectivity index (χ3v) is 6.17. The average Bonchev–Trinajstić information content (AvgIpc) is 3.19. The Morgan fingerprint density at radius 3 is 2.65 bits per heavy atom. The van der Waals surface area contributed by atoms with Crippen molar-refractivity contribution in [2.45, 2.75) is 19.9 Å². The maximum Gasteiger partial charge on any atom is 0.337 e. The smallest absolute Gasteiger partial charge is 0.337 e. The van der Waals surface area contributed by atoms with Crippen molar-refractivity contribution in [1.82, 2.24) is 4.57 Å². The molecule has 0 amide bonds. The van der Waals surface area contributed by atoms with Crippen LogP contribution in [0.2, 0.25) is 0 Å². The van der Waals surface area contributed by atoms with Crippen molar-refractivity contribution in [3.8, 4) is 11.3 Å². The number of carboxylic acids is 1. The minimum atomic E-state index is -1.01. The molecule has 0 fully saturated rings. The summed E-state index contributed by atoms with van der Waals surface area (Å²) >= 11 is 0. The first-order chi connectivity index (χ1) is 16.3. The van der Waals surface area contributed by atoms with Gasteiger partial charge in [-0.3, -0.25) is 4.79 Å². The van der Waals surface area contributed by atoms with Crippen LogP contribution in [-0.2, 0) is 7.05 Å². The SMILES string of the molecule is Cc1cc([C@@H](C)Nc2ccccc2C(=O)O)c2oc(-c3ccc4ccn(C)c4c3)cc(=O)c2c1. The van der Waals surface area contributed by atoms with Crippen LogP contribution in [0.15, 0.2) is 82.1 Å². The molecule has 2 heterocycles. The van der Waals surface area contributed by atoms with E-state index in [1.165, 1.54) is 6.07 Å². The number of rotatable bonds is 5. The summed E-state index contributed by atoms with van der Waals surface area (Å²) in [6.45, 7) is 3.85. The highest BCUT2D eigenvalue weighted by molar-refractivity contribution is 5.94. The molecule has 0 unspecified atom stereocenters. The van der Waals surface area contributed by atoms with Crippen molar-refractivity contribution >= 4 is 33.5 Å². The molecule has 3 aromatic carbocycles. The zero-order valence-corrected chi connectivity index (χ0v) is 19.1. The van der Waals surface area contributed by atoms with E-state index in [0.29, 0.717) is 22.4 Å². The molecule has 2 aromatic heterocycles. The van der Waals surface area contributed by atoms with Gasteiger partial charge in [0.25, 0.3) is 0 Å². The number of carbonyl (C=O) groups is 1. The molecule has 6 heteroatoms. The van der Waals surface area contributed by atoms with Gasteiger partial charge in [0.1, 0.15) is 11.3 Å². The number of hydrogen-bond donors (Lipinski definition) is 2. The molecular weight excluding hydrogens is 428 g/mol. The van der Waals surface area contributed by atoms with E-state index in [0.717, 1.165) is 27.6 Å². The zero-order chi connectivity index (χ0) is 24.0. The van der Waals surface area contributed by atoms with Crippen LogP contribution >= 0.6 is 0 Å².